The Morgan fingerprint density at radius 1 is 0.391 bits per heavy atom. The van der Waals surface area contributed by atoms with Crippen molar-refractivity contribution in [1.29, 1.82) is 0 Å². The summed E-state index contributed by atoms with van der Waals surface area (Å²) in [4.78, 5) is 0. The van der Waals surface area contributed by atoms with Gasteiger partial charge >= 0.3 is 0 Å². The zero-order chi connectivity index (χ0) is 16.5. The highest BCUT2D eigenvalue weighted by Crippen LogP contribution is 2.17. The Labute approximate surface area is 154 Å². The summed E-state index contributed by atoms with van der Waals surface area (Å²) in [7, 11) is 0. The van der Waals surface area contributed by atoms with Crippen LogP contribution in [0.25, 0.3) is 0 Å². The quantitative estimate of drug-likeness (QED) is 0.276. The molecule has 23 heavy (non-hydrogen) atoms. The molecule has 0 aliphatic carbocycles. The maximum absolute atomic E-state index is 2.35. The SMILES string of the molecule is CCCCCCCCC[N+](CCCC)(CCCC)CCCC.[Cl-]. The van der Waals surface area contributed by atoms with Gasteiger partial charge in [-0.2, -0.15) is 0 Å². The predicted octanol–water partition coefficient (Wildman–Crippen LogP) is 3.96. The first-order valence-electron chi connectivity index (χ1n) is 10.6. The average molecular weight is 348 g/mol. The molecular formula is C21H46ClN. The highest BCUT2D eigenvalue weighted by molar-refractivity contribution is 4.51. The minimum atomic E-state index is 0. The van der Waals surface area contributed by atoms with E-state index in [2.05, 4.69) is 27.7 Å². The van der Waals surface area contributed by atoms with Crippen LogP contribution >= 0.6 is 0 Å². The molecule has 0 bridgehead atoms. The molecule has 0 rings (SSSR count). The van der Waals surface area contributed by atoms with Crippen LogP contribution in [0.2, 0.25) is 0 Å². The Morgan fingerprint density at radius 3 is 1.09 bits per heavy atom. The van der Waals surface area contributed by atoms with Crippen molar-refractivity contribution in [1.82, 2.24) is 0 Å². The highest BCUT2D eigenvalue weighted by atomic mass is 35.5. The van der Waals surface area contributed by atoms with E-state index in [0.29, 0.717) is 0 Å². The van der Waals surface area contributed by atoms with Gasteiger partial charge in [0.2, 0.25) is 0 Å². The lowest BCUT2D eigenvalue weighted by Crippen LogP contribution is -3.00. The first-order valence-corrected chi connectivity index (χ1v) is 10.6. The molecule has 0 spiro atoms. The van der Waals surface area contributed by atoms with Crippen molar-refractivity contribution in [2.75, 3.05) is 26.2 Å². The lowest BCUT2D eigenvalue weighted by atomic mass is 10.1. The summed E-state index contributed by atoms with van der Waals surface area (Å²) in [6.07, 6.45) is 18.4. The summed E-state index contributed by atoms with van der Waals surface area (Å²) in [5.41, 5.74) is 0. The second kappa shape index (κ2) is 18.6. The molecule has 1 nitrogen and oxygen atoms in total. The van der Waals surface area contributed by atoms with Crippen LogP contribution in [0.4, 0.5) is 0 Å². The second-order valence-corrected chi connectivity index (χ2v) is 7.42. The smallest absolute Gasteiger partial charge is 0.0786 e. The molecule has 0 fully saturated rings. The number of hydrogen-bond donors (Lipinski definition) is 0. The average Bonchev–Trinajstić information content (AvgIpc) is 2.55. The van der Waals surface area contributed by atoms with Crippen molar-refractivity contribution in [2.24, 2.45) is 0 Å². The fourth-order valence-corrected chi connectivity index (χ4v) is 3.56. The number of nitrogens with zero attached hydrogens (tertiary/aromatic N) is 1. The van der Waals surface area contributed by atoms with E-state index < -0.39 is 0 Å². The lowest BCUT2D eigenvalue weighted by molar-refractivity contribution is -0.929. The largest absolute Gasteiger partial charge is 1.00 e. The minimum Gasteiger partial charge on any atom is -1.00 e. The Morgan fingerprint density at radius 2 is 0.696 bits per heavy atom. The molecule has 0 radical (unpaired) electrons. The first kappa shape index (κ1) is 25.5. The predicted molar refractivity (Wildman–Crippen MR) is 102 cm³/mol. The summed E-state index contributed by atoms with van der Waals surface area (Å²) in [5.74, 6) is 0. The van der Waals surface area contributed by atoms with Gasteiger partial charge in [0.15, 0.2) is 0 Å². The minimum absolute atomic E-state index is 0. The van der Waals surface area contributed by atoms with Crippen LogP contribution < -0.4 is 12.4 Å². The van der Waals surface area contributed by atoms with Gasteiger partial charge in [-0.25, -0.2) is 0 Å². The van der Waals surface area contributed by atoms with Gasteiger partial charge in [0.25, 0.3) is 0 Å². The van der Waals surface area contributed by atoms with E-state index in [1.807, 2.05) is 0 Å². The molecule has 0 unspecified atom stereocenters. The third kappa shape index (κ3) is 14.3. The van der Waals surface area contributed by atoms with Crippen molar-refractivity contribution in [3.05, 3.63) is 0 Å². The first-order chi connectivity index (χ1) is 10.7. The van der Waals surface area contributed by atoms with Gasteiger partial charge in [-0.05, 0) is 32.1 Å². The number of rotatable bonds is 17. The van der Waals surface area contributed by atoms with Crippen molar-refractivity contribution in [2.45, 2.75) is 111 Å². The van der Waals surface area contributed by atoms with Gasteiger partial charge in [0, 0.05) is 0 Å². The molecule has 0 heterocycles. The number of unbranched alkanes of at least 4 members (excludes halogenated alkanes) is 9. The van der Waals surface area contributed by atoms with Crippen molar-refractivity contribution in [3.8, 4) is 0 Å². The second-order valence-electron chi connectivity index (χ2n) is 7.42. The third-order valence-electron chi connectivity index (χ3n) is 5.19. The molecular weight excluding hydrogens is 302 g/mol. The molecule has 0 aliphatic heterocycles. The number of halogens is 1. The molecule has 0 aromatic heterocycles. The summed E-state index contributed by atoms with van der Waals surface area (Å²) < 4.78 is 1.44. The van der Waals surface area contributed by atoms with E-state index in [0.717, 1.165) is 0 Å². The van der Waals surface area contributed by atoms with Crippen LogP contribution in [0.3, 0.4) is 0 Å². The van der Waals surface area contributed by atoms with Gasteiger partial charge in [0.05, 0.1) is 26.2 Å². The van der Waals surface area contributed by atoms with Gasteiger partial charge in [0.1, 0.15) is 0 Å². The van der Waals surface area contributed by atoms with Crippen LogP contribution in [-0.4, -0.2) is 30.7 Å². The Balaban J connectivity index is 0. The standard InChI is InChI=1S/C21H46N.ClH/c1-5-9-13-14-15-16-17-21-22(18-10-6-2,19-11-7-3)20-12-8-4;/h5-21H2,1-4H3;1H/q+1;/p-1. The van der Waals surface area contributed by atoms with E-state index >= 15 is 0 Å². The molecule has 2 heteroatoms. The lowest BCUT2D eigenvalue weighted by Gasteiger charge is -2.39. The molecule has 0 N–H and O–H groups in total. The fraction of sp³-hybridized carbons (Fsp3) is 1.00. The highest BCUT2D eigenvalue weighted by Gasteiger charge is 2.24. The molecule has 0 atom stereocenters. The molecule has 0 aromatic carbocycles. The van der Waals surface area contributed by atoms with Crippen molar-refractivity contribution in [3.63, 3.8) is 0 Å². The van der Waals surface area contributed by atoms with E-state index in [4.69, 9.17) is 0 Å². The van der Waals surface area contributed by atoms with Crippen LogP contribution in [0.1, 0.15) is 111 Å². The van der Waals surface area contributed by atoms with Crippen LogP contribution in [0.5, 0.6) is 0 Å². The van der Waals surface area contributed by atoms with Crippen LogP contribution in [-0.2, 0) is 0 Å². The van der Waals surface area contributed by atoms with E-state index in [9.17, 15) is 0 Å². The maximum Gasteiger partial charge on any atom is 0.0786 e. The van der Waals surface area contributed by atoms with Crippen LogP contribution in [0, 0.1) is 0 Å². The van der Waals surface area contributed by atoms with Crippen molar-refractivity contribution >= 4 is 0 Å². The van der Waals surface area contributed by atoms with Gasteiger partial charge in [-0.15, -0.1) is 0 Å². The monoisotopic (exact) mass is 347 g/mol. The summed E-state index contributed by atoms with van der Waals surface area (Å²) >= 11 is 0. The van der Waals surface area contributed by atoms with Crippen molar-refractivity contribution < 1.29 is 16.9 Å². The zero-order valence-electron chi connectivity index (χ0n) is 16.8. The van der Waals surface area contributed by atoms with Gasteiger partial charge in [-0.3, -0.25) is 0 Å². The van der Waals surface area contributed by atoms with E-state index in [1.165, 1.54) is 114 Å². The Hall–Kier alpha value is 0.250. The molecule has 0 amide bonds. The zero-order valence-corrected chi connectivity index (χ0v) is 17.6. The summed E-state index contributed by atoms with van der Waals surface area (Å²) in [5, 5.41) is 0. The molecule has 0 aliphatic rings. The molecule has 0 saturated carbocycles. The fourth-order valence-electron chi connectivity index (χ4n) is 3.56. The Kier molecular flexibility index (Phi) is 20.6. The normalized spacial score (nSPS) is 11.5. The maximum atomic E-state index is 2.35. The summed E-state index contributed by atoms with van der Waals surface area (Å²) in [6.45, 7) is 15.1. The third-order valence-corrected chi connectivity index (χ3v) is 5.19. The molecule has 0 aromatic rings. The van der Waals surface area contributed by atoms with E-state index in [1.54, 1.807) is 0 Å². The van der Waals surface area contributed by atoms with Crippen LogP contribution in [0.15, 0.2) is 0 Å². The Bertz CT molecular complexity index is 196. The number of hydrogen-bond acceptors (Lipinski definition) is 0. The number of quaternary nitrogens is 1. The van der Waals surface area contributed by atoms with E-state index in [-0.39, 0.29) is 12.4 Å². The molecule has 0 saturated heterocycles. The molecule has 142 valence electrons. The topological polar surface area (TPSA) is 0 Å². The summed E-state index contributed by atoms with van der Waals surface area (Å²) in [6, 6.07) is 0. The van der Waals surface area contributed by atoms with Gasteiger partial charge in [-0.1, -0.05) is 79.1 Å². The van der Waals surface area contributed by atoms with Gasteiger partial charge < -0.3 is 16.9 Å².